The molecule has 3 fully saturated rings. The molecule has 1 aromatic heterocycles. The van der Waals surface area contributed by atoms with Crippen molar-refractivity contribution in [2.45, 2.75) is 44.4 Å². The van der Waals surface area contributed by atoms with Crippen LogP contribution in [0.25, 0.3) is 0 Å². The molecule has 1 amide bonds. The standard InChI is InChI=1S/C26H36BrN7O/c1-32-13-15-33(16-14-32)20-8-9-23(21(17-20)19-6-7-19)30-26-29-18-22(27)25(31-26)28-10-4-12-34-11-3-2-5-24(34)35/h8-9,17-19H,2-7,10-16H2,1H3,(H2,28,29,30,31). The summed E-state index contributed by atoms with van der Waals surface area (Å²) in [5.74, 6) is 2.28. The minimum Gasteiger partial charge on any atom is -0.369 e. The Balaban J connectivity index is 1.22. The van der Waals surface area contributed by atoms with Crippen LogP contribution >= 0.6 is 15.9 Å². The van der Waals surface area contributed by atoms with Crippen molar-refractivity contribution in [3.8, 4) is 0 Å². The molecule has 2 aromatic rings. The van der Waals surface area contributed by atoms with Gasteiger partial charge in [0.2, 0.25) is 11.9 Å². The van der Waals surface area contributed by atoms with Gasteiger partial charge in [-0.05, 0) is 84.8 Å². The Morgan fingerprint density at radius 3 is 2.71 bits per heavy atom. The van der Waals surface area contributed by atoms with Gasteiger partial charge in [-0.3, -0.25) is 4.79 Å². The number of anilines is 4. The summed E-state index contributed by atoms with van der Waals surface area (Å²) in [6.07, 6.45) is 8.01. The van der Waals surface area contributed by atoms with E-state index >= 15 is 0 Å². The van der Waals surface area contributed by atoms with Crippen molar-refractivity contribution in [2.75, 3.05) is 68.4 Å². The summed E-state index contributed by atoms with van der Waals surface area (Å²) in [5.41, 5.74) is 3.78. The average molecular weight is 543 g/mol. The Morgan fingerprint density at radius 1 is 1.11 bits per heavy atom. The number of likely N-dealkylation sites (N-methyl/N-ethyl adjacent to an activating group) is 1. The van der Waals surface area contributed by atoms with Gasteiger partial charge in [0.15, 0.2) is 0 Å². The van der Waals surface area contributed by atoms with Gasteiger partial charge < -0.3 is 25.3 Å². The van der Waals surface area contributed by atoms with Gasteiger partial charge in [0.25, 0.3) is 0 Å². The first kappa shape index (κ1) is 24.3. The zero-order valence-corrected chi connectivity index (χ0v) is 22.2. The molecular formula is C26H36BrN7O. The fourth-order valence-electron chi connectivity index (χ4n) is 4.90. The zero-order valence-electron chi connectivity index (χ0n) is 20.6. The molecule has 35 heavy (non-hydrogen) atoms. The van der Waals surface area contributed by atoms with Crippen molar-refractivity contribution in [3.63, 3.8) is 0 Å². The predicted molar refractivity (Wildman–Crippen MR) is 145 cm³/mol. The van der Waals surface area contributed by atoms with Crippen molar-refractivity contribution in [1.29, 1.82) is 0 Å². The normalized spacial score (nSPS) is 19.2. The molecule has 1 saturated carbocycles. The lowest BCUT2D eigenvalue weighted by atomic mass is 10.1. The van der Waals surface area contributed by atoms with Crippen LogP contribution < -0.4 is 15.5 Å². The molecule has 0 radical (unpaired) electrons. The maximum absolute atomic E-state index is 12.0. The summed E-state index contributed by atoms with van der Waals surface area (Å²) in [6.45, 7) is 6.80. The molecule has 9 heteroatoms. The number of piperidine rings is 1. The van der Waals surface area contributed by atoms with E-state index in [1.165, 1.54) is 24.1 Å². The number of nitrogens with zero attached hydrogens (tertiary/aromatic N) is 5. The maximum atomic E-state index is 12.0. The summed E-state index contributed by atoms with van der Waals surface area (Å²) in [5, 5.41) is 6.90. The molecule has 0 unspecified atom stereocenters. The third-order valence-electron chi connectivity index (χ3n) is 7.23. The molecule has 2 saturated heterocycles. The molecule has 2 aliphatic heterocycles. The minimum absolute atomic E-state index is 0.288. The van der Waals surface area contributed by atoms with Gasteiger partial charge in [-0.2, -0.15) is 4.98 Å². The lowest BCUT2D eigenvalue weighted by Crippen LogP contribution is -2.44. The van der Waals surface area contributed by atoms with Crippen molar-refractivity contribution in [1.82, 2.24) is 19.8 Å². The first-order valence-electron chi connectivity index (χ1n) is 13.0. The van der Waals surface area contributed by atoms with Crippen LogP contribution in [0.5, 0.6) is 0 Å². The Bertz CT molecular complexity index is 1040. The lowest BCUT2D eigenvalue weighted by molar-refractivity contribution is -0.133. The number of benzene rings is 1. The SMILES string of the molecule is CN1CCN(c2ccc(Nc3ncc(Br)c(NCCCN4CCCCC4=O)n3)c(C3CC3)c2)CC1. The summed E-state index contributed by atoms with van der Waals surface area (Å²) < 4.78 is 0.838. The van der Waals surface area contributed by atoms with E-state index in [-0.39, 0.29) is 5.91 Å². The van der Waals surface area contributed by atoms with E-state index in [1.807, 2.05) is 4.90 Å². The highest BCUT2D eigenvalue weighted by Crippen LogP contribution is 2.45. The molecule has 3 heterocycles. The van der Waals surface area contributed by atoms with Crippen LogP contribution in [0.15, 0.2) is 28.9 Å². The van der Waals surface area contributed by atoms with Crippen molar-refractivity contribution in [3.05, 3.63) is 34.4 Å². The molecule has 0 spiro atoms. The predicted octanol–water partition coefficient (Wildman–Crippen LogP) is 4.43. The number of piperazine rings is 1. The van der Waals surface area contributed by atoms with E-state index in [0.717, 1.165) is 81.1 Å². The molecule has 188 valence electrons. The molecule has 3 aliphatic rings. The van der Waals surface area contributed by atoms with E-state index in [0.29, 0.717) is 18.3 Å². The molecule has 5 rings (SSSR count). The highest BCUT2D eigenvalue weighted by atomic mass is 79.9. The summed E-state index contributed by atoms with van der Waals surface area (Å²) in [7, 11) is 2.19. The third kappa shape index (κ3) is 6.25. The van der Waals surface area contributed by atoms with Crippen LogP contribution in [0.1, 0.15) is 50.0 Å². The Kier molecular flexibility index (Phi) is 7.72. The molecular weight excluding hydrogens is 506 g/mol. The number of amides is 1. The van der Waals surface area contributed by atoms with Crippen LogP contribution in [0.2, 0.25) is 0 Å². The van der Waals surface area contributed by atoms with E-state index in [9.17, 15) is 4.79 Å². The van der Waals surface area contributed by atoms with Crippen molar-refractivity contribution >= 4 is 45.0 Å². The molecule has 1 aromatic carbocycles. The lowest BCUT2D eigenvalue weighted by Gasteiger charge is -2.34. The van der Waals surface area contributed by atoms with E-state index in [2.05, 4.69) is 66.6 Å². The Hall–Kier alpha value is -2.39. The number of hydrogen-bond acceptors (Lipinski definition) is 7. The number of nitrogens with one attached hydrogen (secondary N) is 2. The van der Waals surface area contributed by atoms with Crippen molar-refractivity contribution < 1.29 is 4.79 Å². The number of aromatic nitrogens is 2. The van der Waals surface area contributed by atoms with E-state index in [1.54, 1.807) is 6.20 Å². The molecule has 0 atom stereocenters. The zero-order chi connectivity index (χ0) is 24.2. The van der Waals surface area contributed by atoms with Crippen molar-refractivity contribution in [2.24, 2.45) is 0 Å². The number of likely N-dealkylation sites (tertiary alicyclic amines) is 1. The third-order valence-corrected chi connectivity index (χ3v) is 7.81. The second kappa shape index (κ2) is 11.1. The van der Waals surface area contributed by atoms with E-state index in [4.69, 9.17) is 4.98 Å². The Labute approximate surface area is 216 Å². The first-order chi connectivity index (χ1) is 17.1. The topological polar surface area (TPSA) is 76.6 Å². The van der Waals surface area contributed by atoms with Gasteiger partial charge >= 0.3 is 0 Å². The molecule has 0 bridgehead atoms. The minimum atomic E-state index is 0.288. The van der Waals surface area contributed by atoms with Gasteiger partial charge in [-0.1, -0.05) is 0 Å². The smallest absolute Gasteiger partial charge is 0.229 e. The fraction of sp³-hybridized carbons (Fsp3) is 0.577. The number of rotatable bonds is 9. The highest BCUT2D eigenvalue weighted by Gasteiger charge is 2.28. The fourth-order valence-corrected chi connectivity index (χ4v) is 5.24. The molecule has 1 aliphatic carbocycles. The highest BCUT2D eigenvalue weighted by molar-refractivity contribution is 9.10. The van der Waals surface area contributed by atoms with Crippen LogP contribution in [0.4, 0.5) is 23.1 Å². The number of hydrogen-bond donors (Lipinski definition) is 2. The first-order valence-corrected chi connectivity index (χ1v) is 13.7. The second-order valence-electron chi connectivity index (χ2n) is 9.97. The van der Waals surface area contributed by atoms with Gasteiger partial charge in [0.1, 0.15) is 5.82 Å². The quantitative estimate of drug-likeness (QED) is 0.455. The molecule has 8 nitrogen and oxygen atoms in total. The van der Waals surface area contributed by atoms with Gasteiger partial charge in [-0.15, -0.1) is 0 Å². The monoisotopic (exact) mass is 541 g/mol. The summed E-state index contributed by atoms with van der Waals surface area (Å²) in [6, 6.07) is 6.78. The largest absolute Gasteiger partial charge is 0.369 e. The second-order valence-corrected chi connectivity index (χ2v) is 10.8. The number of carbonyl (C=O) groups is 1. The maximum Gasteiger partial charge on any atom is 0.229 e. The van der Waals surface area contributed by atoms with Gasteiger partial charge in [0.05, 0.1) is 4.47 Å². The van der Waals surface area contributed by atoms with Crippen LogP contribution in [-0.2, 0) is 4.79 Å². The van der Waals surface area contributed by atoms with E-state index < -0.39 is 0 Å². The number of halogens is 1. The summed E-state index contributed by atoms with van der Waals surface area (Å²) in [4.78, 5) is 28.1. The molecule has 2 N–H and O–H groups in total. The average Bonchev–Trinajstić information content (AvgIpc) is 3.71. The van der Waals surface area contributed by atoms with Gasteiger partial charge in [0, 0.05) is 69.8 Å². The Morgan fingerprint density at radius 2 is 1.94 bits per heavy atom. The summed E-state index contributed by atoms with van der Waals surface area (Å²) >= 11 is 3.57. The van der Waals surface area contributed by atoms with Crippen LogP contribution in [-0.4, -0.2) is 78.5 Å². The van der Waals surface area contributed by atoms with Crippen LogP contribution in [0, 0.1) is 0 Å². The number of carbonyl (C=O) groups excluding carboxylic acids is 1. The van der Waals surface area contributed by atoms with Gasteiger partial charge in [-0.25, -0.2) is 4.98 Å². The van der Waals surface area contributed by atoms with Crippen LogP contribution in [0.3, 0.4) is 0 Å².